The molecule has 0 amide bonds. The van der Waals surface area contributed by atoms with Crippen molar-refractivity contribution in [2.45, 2.75) is 66.2 Å². The number of hydrogen-bond acceptors (Lipinski definition) is 1. The molecular formula is C14H31N. The van der Waals surface area contributed by atoms with Gasteiger partial charge in [-0.3, -0.25) is 0 Å². The minimum atomic E-state index is 0.860. The highest BCUT2D eigenvalue weighted by molar-refractivity contribution is 4.62. The molecule has 1 N–H and O–H groups in total. The molecule has 0 aliphatic carbocycles. The summed E-state index contributed by atoms with van der Waals surface area (Å²) < 4.78 is 0. The highest BCUT2D eigenvalue weighted by atomic mass is 14.8. The Bertz CT molecular complexity index is 121. The smallest absolute Gasteiger partial charge is 0.00206 e. The van der Waals surface area contributed by atoms with Crippen LogP contribution in [0.1, 0.15) is 66.2 Å². The minimum absolute atomic E-state index is 0.860. The van der Waals surface area contributed by atoms with Crippen molar-refractivity contribution in [3.05, 3.63) is 0 Å². The molecule has 92 valence electrons. The topological polar surface area (TPSA) is 12.0 Å². The van der Waals surface area contributed by atoms with E-state index in [2.05, 4.69) is 33.0 Å². The number of rotatable bonds is 10. The predicted octanol–water partition coefficient (Wildman–Crippen LogP) is 4.23. The molecule has 1 atom stereocenters. The van der Waals surface area contributed by atoms with Gasteiger partial charge in [-0.05, 0) is 37.8 Å². The van der Waals surface area contributed by atoms with Gasteiger partial charge in [-0.1, -0.05) is 53.4 Å². The van der Waals surface area contributed by atoms with Gasteiger partial charge in [0.05, 0.1) is 0 Å². The van der Waals surface area contributed by atoms with E-state index in [-0.39, 0.29) is 0 Å². The SMILES string of the molecule is CCCCCNCC(CC)CCC(C)C. The summed E-state index contributed by atoms with van der Waals surface area (Å²) in [6.07, 6.45) is 8.15. The molecule has 1 heteroatoms. The summed E-state index contributed by atoms with van der Waals surface area (Å²) in [4.78, 5) is 0. The third kappa shape index (κ3) is 10.2. The summed E-state index contributed by atoms with van der Waals surface area (Å²) in [5.41, 5.74) is 0. The Kier molecular flexibility index (Phi) is 10.4. The van der Waals surface area contributed by atoms with Crippen LogP contribution in [-0.2, 0) is 0 Å². The van der Waals surface area contributed by atoms with Gasteiger partial charge in [0.15, 0.2) is 0 Å². The molecule has 0 heterocycles. The lowest BCUT2D eigenvalue weighted by Crippen LogP contribution is -2.23. The molecule has 0 aromatic rings. The van der Waals surface area contributed by atoms with Crippen molar-refractivity contribution in [3.8, 4) is 0 Å². The van der Waals surface area contributed by atoms with Crippen LogP contribution in [0.4, 0.5) is 0 Å². The largest absolute Gasteiger partial charge is 0.316 e. The highest BCUT2D eigenvalue weighted by Crippen LogP contribution is 2.14. The van der Waals surface area contributed by atoms with Crippen molar-refractivity contribution < 1.29 is 0 Å². The second kappa shape index (κ2) is 10.5. The van der Waals surface area contributed by atoms with Crippen LogP contribution >= 0.6 is 0 Å². The van der Waals surface area contributed by atoms with Crippen molar-refractivity contribution in [2.24, 2.45) is 11.8 Å². The second-order valence-corrected chi connectivity index (χ2v) is 5.16. The van der Waals surface area contributed by atoms with Crippen LogP contribution < -0.4 is 5.32 Å². The highest BCUT2D eigenvalue weighted by Gasteiger charge is 2.06. The van der Waals surface area contributed by atoms with E-state index in [1.165, 1.54) is 51.6 Å². The Balaban J connectivity index is 3.36. The molecule has 0 saturated carbocycles. The second-order valence-electron chi connectivity index (χ2n) is 5.16. The van der Waals surface area contributed by atoms with E-state index in [0.717, 1.165) is 11.8 Å². The lowest BCUT2D eigenvalue weighted by molar-refractivity contribution is 0.390. The van der Waals surface area contributed by atoms with Crippen LogP contribution in [0.2, 0.25) is 0 Å². The molecule has 1 nitrogen and oxygen atoms in total. The average molecular weight is 213 g/mol. The average Bonchev–Trinajstić information content (AvgIpc) is 2.22. The monoisotopic (exact) mass is 213 g/mol. The van der Waals surface area contributed by atoms with Gasteiger partial charge in [0.2, 0.25) is 0 Å². The Morgan fingerprint density at radius 1 is 1.00 bits per heavy atom. The molecule has 0 saturated heterocycles. The third-order valence-corrected chi connectivity index (χ3v) is 3.12. The maximum atomic E-state index is 3.59. The van der Waals surface area contributed by atoms with Crippen LogP contribution in [-0.4, -0.2) is 13.1 Å². The van der Waals surface area contributed by atoms with Crippen LogP contribution in [0.15, 0.2) is 0 Å². The maximum absolute atomic E-state index is 3.59. The molecule has 0 aromatic heterocycles. The van der Waals surface area contributed by atoms with Crippen LogP contribution in [0.3, 0.4) is 0 Å². The molecule has 0 fully saturated rings. The van der Waals surface area contributed by atoms with Crippen LogP contribution in [0.25, 0.3) is 0 Å². The van der Waals surface area contributed by atoms with E-state index in [0.29, 0.717) is 0 Å². The Morgan fingerprint density at radius 2 is 1.73 bits per heavy atom. The first kappa shape index (κ1) is 15.0. The van der Waals surface area contributed by atoms with Crippen molar-refractivity contribution in [3.63, 3.8) is 0 Å². The molecule has 15 heavy (non-hydrogen) atoms. The molecule has 0 aromatic carbocycles. The molecule has 0 radical (unpaired) electrons. The molecule has 1 unspecified atom stereocenters. The van der Waals surface area contributed by atoms with E-state index in [4.69, 9.17) is 0 Å². The zero-order valence-corrected chi connectivity index (χ0v) is 11.3. The summed E-state index contributed by atoms with van der Waals surface area (Å²) in [6, 6.07) is 0. The van der Waals surface area contributed by atoms with E-state index in [9.17, 15) is 0 Å². The van der Waals surface area contributed by atoms with E-state index in [1.807, 2.05) is 0 Å². The molecule has 0 aliphatic rings. The molecule has 0 aliphatic heterocycles. The first-order valence-corrected chi connectivity index (χ1v) is 6.91. The van der Waals surface area contributed by atoms with Crippen molar-refractivity contribution in [1.29, 1.82) is 0 Å². The fraction of sp³-hybridized carbons (Fsp3) is 1.00. The van der Waals surface area contributed by atoms with Gasteiger partial charge < -0.3 is 5.32 Å². The molecule has 0 spiro atoms. The molecular weight excluding hydrogens is 182 g/mol. The summed E-state index contributed by atoms with van der Waals surface area (Å²) in [5.74, 6) is 1.76. The Morgan fingerprint density at radius 3 is 2.27 bits per heavy atom. The predicted molar refractivity (Wildman–Crippen MR) is 70.2 cm³/mol. The van der Waals surface area contributed by atoms with Crippen molar-refractivity contribution in [2.75, 3.05) is 13.1 Å². The summed E-state index contributed by atoms with van der Waals surface area (Å²) in [6.45, 7) is 11.7. The van der Waals surface area contributed by atoms with Gasteiger partial charge in [0.1, 0.15) is 0 Å². The fourth-order valence-electron chi connectivity index (χ4n) is 1.83. The van der Waals surface area contributed by atoms with Crippen molar-refractivity contribution in [1.82, 2.24) is 5.32 Å². The van der Waals surface area contributed by atoms with Gasteiger partial charge >= 0.3 is 0 Å². The lowest BCUT2D eigenvalue weighted by Gasteiger charge is -2.16. The third-order valence-electron chi connectivity index (χ3n) is 3.12. The summed E-state index contributed by atoms with van der Waals surface area (Å²) in [5, 5.41) is 3.59. The van der Waals surface area contributed by atoms with Gasteiger partial charge in [0.25, 0.3) is 0 Å². The first-order valence-electron chi connectivity index (χ1n) is 6.91. The summed E-state index contributed by atoms with van der Waals surface area (Å²) >= 11 is 0. The standard InChI is InChI=1S/C14H31N/c1-5-7-8-11-15-12-14(6-2)10-9-13(3)4/h13-15H,5-12H2,1-4H3. The van der Waals surface area contributed by atoms with Gasteiger partial charge in [-0.25, -0.2) is 0 Å². The maximum Gasteiger partial charge on any atom is -0.00206 e. The van der Waals surface area contributed by atoms with Gasteiger partial charge in [-0.2, -0.15) is 0 Å². The van der Waals surface area contributed by atoms with E-state index in [1.54, 1.807) is 0 Å². The minimum Gasteiger partial charge on any atom is -0.316 e. The van der Waals surface area contributed by atoms with Gasteiger partial charge in [0, 0.05) is 0 Å². The first-order chi connectivity index (χ1) is 7.20. The number of hydrogen-bond donors (Lipinski definition) is 1. The zero-order chi connectivity index (χ0) is 11.5. The van der Waals surface area contributed by atoms with Crippen LogP contribution in [0, 0.1) is 11.8 Å². The van der Waals surface area contributed by atoms with E-state index >= 15 is 0 Å². The van der Waals surface area contributed by atoms with Crippen LogP contribution in [0.5, 0.6) is 0 Å². The Labute approximate surface area is 97.0 Å². The number of unbranched alkanes of at least 4 members (excludes halogenated alkanes) is 2. The number of nitrogens with one attached hydrogen (secondary N) is 1. The van der Waals surface area contributed by atoms with Gasteiger partial charge in [-0.15, -0.1) is 0 Å². The lowest BCUT2D eigenvalue weighted by atomic mass is 9.96. The molecule has 0 rings (SSSR count). The molecule has 0 bridgehead atoms. The van der Waals surface area contributed by atoms with E-state index < -0.39 is 0 Å². The quantitative estimate of drug-likeness (QED) is 0.536. The van der Waals surface area contributed by atoms with Crippen molar-refractivity contribution >= 4 is 0 Å². The fourth-order valence-corrected chi connectivity index (χ4v) is 1.83. The summed E-state index contributed by atoms with van der Waals surface area (Å²) in [7, 11) is 0. The Hall–Kier alpha value is -0.0400. The normalized spacial score (nSPS) is 13.4. The zero-order valence-electron chi connectivity index (χ0n) is 11.3.